The summed E-state index contributed by atoms with van der Waals surface area (Å²) in [5.74, 6) is 0.109. The minimum Gasteiger partial charge on any atom is -0.377 e. The second kappa shape index (κ2) is 6.78. The highest BCUT2D eigenvalue weighted by molar-refractivity contribution is 7.12. The van der Waals surface area contributed by atoms with Crippen LogP contribution in [0.15, 0.2) is 36.1 Å². The number of aromatic nitrogens is 2. The lowest BCUT2D eigenvalue weighted by atomic mass is 10.1. The summed E-state index contributed by atoms with van der Waals surface area (Å²) in [7, 11) is 0. The largest absolute Gasteiger partial charge is 0.377 e. The number of morpholine rings is 1. The fraction of sp³-hybridized carbons (Fsp3) is 0.400. The Balaban J connectivity index is 1.65. The standard InChI is InChI=1S/C15H17N3O2S/c19-15(14-2-1-9-21-14)18-7-8-20-11-13(18)4-3-12-10-16-5-6-17-12/h1-2,5-6,9-10,13H,3-4,7-8,11H2. The second-order valence-corrected chi connectivity index (χ2v) is 5.89. The van der Waals surface area contributed by atoms with Gasteiger partial charge < -0.3 is 9.64 Å². The normalized spacial score (nSPS) is 18.7. The Labute approximate surface area is 127 Å². The van der Waals surface area contributed by atoms with Gasteiger partial charge in [0.1, 0.15) is 0 Å². The van der Waals surface area contributed by atoms with Crippen molar-refractivity contribution in [2.45, 2.75) is 18.9 Å². The summed E-state index contributed by atoms with van der Waals surface area (Å²) in [6, 6.07) is 3.89. The first-order valence-corrected chi connectivity index (χ1v) is 7.89. The lowest BCUT2D eigenvalue weighted by molar-refractivity contribution is -0.00387. The average Bonchev–Trinajstić information content (AvgIpc) is 3.08. The Morgan fingerprint density at radius 1 is 1.48 bits per heavy atom. The molecule has 1 saturated heterocycles. The van der Waals surface area contributed by atoms with Crippen LogP contribution in [-0.2, 0) is 11.2 Å². The molecule has 110 valence electrons. The van der Waals surface area contributed by atoms with Crippen molar-refractivity contribution < 1.29 is 9.53 Å². The highest BCUT2D eigenvalue weighted by atomic mass is 32.1. The molecular formula is C15H17N3O2S. The molecule has 21 heavy (non-hydrogen) atoms. The van der Waals surface area contributed by atoms with E-state index in [1.54, 1.807) is 18.6 Å². The van der Waals surface area contributed by atoms with Gasteiger partial charge in [-0.25, -0.2) is 0 Å². The minimum atomic E-state index is 0.107. The Hall–Kier alpha value is -1.79. The average molecular weight is 303 g/mol. The Kier molecular flexibility index (Phi) is 4.57. The van der Waals surface area contributed by atoms with Crippen LogP contribution in [0.5, 0.6) is 0 Å². The molecule has 2 aromatic heterocycles. The first-order valence-electron chi connectivity index (χ1n) is 7.01. The van der Waals surface area contributed by atoms with Crippen molar-refractivity contribution >= 4 is 17.2 Å². The van der Waals surface area contributed by atoms with Gasteiger partial charge in [-0.1, -0.05) is 6.07 Å². The number of hydrogen-bond acceptors (Lipinski definition) is 5. The van der Waals surface area contributed by atoms with Crippen molar-refractivity contribution in [1.82, 2.24) is 14.9 Å². The summed E-state index contributed by atoms with van der Waals surface area (Å²) in [5.41, 5.74) is 0.951. The molecule has 0 saturated carbocycles. The van der Waals surface area contributed by atoms with Crippen LogP contribution in [0.2, 0.25) is 0 Å². The predicted molar refractivity (Wildman–Crippen MR) is 80.3 cm³/mol. The van der Waals surface area contributed by atoms with Crippen molar-refractivity contribution in [1.29, 1.82) is 0 Å². The third kappa shape index (κ3) is 3.46. The van der Waals surface area contributed by atoms with Crippen LogP contribution in [0.3, 0.4) is 0 Å². The van der Waals surface area contributed by atoms with E-state index in [-0.39, 0.29) is 11.9 Å². The molecule has 0 aromatic carbocycles. The first kappa shape index (κ1) is 14.2. The molecule has 1 amide bonds. The van der Waals surface area contributed by atoms with Crippen molar-refractivity contribution in [3.05, 3.63) is 46.7 Å². The monoisotopic (exact) mass is 303 g/mol. The van der Waals surface area contributed by atoms with Crippen LogP contribution in [0.25, 0.3) is 0 Å². The lowest BCUT2D eigenvalue weighted by Crippen LogP contribution is -2.48. The highest BCUT2D eigenvalue weighted by Gasteiger charge is 2.28. The number of carbonyl (C=O) groups is 1. The van der Waals surface area contributed by atoms with Gasteiger partial charge in [0.2, 0.25) is 0 Å². The van der Waals surface area contributed by atoms with Gasteiger partial charge in [-0.3, -0.25) is 14.8 Å². The third-order valence-corrected chi connectivity index (χ3v) is 4.43. The fourth-order valence-electron chi connectivity index (χ4n) is 2.48. The summed E-state index contributed by atoms with van der Waals surface area (Å²) in [5, 5.41) is 1.93. The SMILES string of the molecule is O=C(c1cccs1)N1CCOCC1CCc1cnccn1. The van der Waals surface area contributed by atoms with Crippen molar-refractivity contribution in [3.8, 4) is 0 Å². The maximum Gasteiger partial charge on any atom is 0.264 e. The van der Waals surface area contributed by atoms with Gasteiger partial charge in [0, 0.05) is 25.1 Å². The predicted octanol–water partition coefficient (Wildman–Crippen LogP) is 2.01. The molecule has 5 nitrogen and oxygen atoms in total. The minimum absolute atomic E-state index is 0.107. The van der Waals surface area contributed by atoms with Gasteiger partial charge in [0.25, 0.3) is 5.91 Å². The van der Waals surface area contributed by atoms with Gasteiger partial charge in [0.05, 0.1) is 29.8 Å². The quantitative estimate of drug-likeness (QED) is 0.867. The first-order chi connectivity index (χ1) is 10.3. The highest BCUT2D eigenvalue weighted by Crippen LogP contribution is 2.19. The maximum absolute atomic E-state index is 12.5. The number of nitrogens with zero attached hydrogens (tertiary/aromatic N) is 3. The third-order valence-electron chi connectivity index (χ3n) is 3.57. The van der Waals surface area contributed by atoms with Gasteiger partial charge in [-0.2, -0.15) is 0 Å². The van der Waals surface area contributed by atoms with E-state index in [1.807, 2.05) is 22.4 Å². The molecule has 2 aromatic rings. The summed E-state index contributed by atoms with van der Waals surface area (Å²) in [6.45, 7) is 1.86. The summed E-state index contributed by atoms with van der Waals surface area (Å²) >= 11 is 1.49. The van der Waals surface area contributed by atoms with Gasteiger partial charge in [-0.15, -0.1) is 11.3 Å². The second-order valence-electron chi connectivity index (χ2n) is 4.94. The van der Waals surface area contributed by atoms with E-state index in [0.29, 0.717) is 19.8 Å². The van der Waals surface area contributed by atoms with Gasteiger partial charge in [0.15, 0.2) is 0 Å². The van der Waals surface area contributed by atoms with Crippen LogP contribution >= 0.6 is 11.3 Å². The van der Waals surface area contributed by atoms with Crippen LogP contribution < -0.4 is 0 Å². The topological polar surface area (TPSA) is 55.3 Å². The zero-order valence-corrected chi connectivity index (χ0v) is 12.5. The molecule has 0 radical (unpaired) electrons. The van der Waals surface area contributed by atoms with Gasteiger partial charge in [-0.05, 0) is 24.3 Å². The molecule has 3 rings (SSSR count). The molecule has 1 aliphatic heterocycles. The Bertz CT molecular complexity index is 574. The van der Waals surface area contributed by atoms with Gasteiger partial charge >= 0.3 is 0 Å². The van der Waals surface area contributed by atoms with E-state index < -0.39 is 0 Å². The molecule has 0 N–H and O–H groups in total. The molecular weight excluding hydrogens is 286 g/mol. The van der Waals surface area contributed by atoms with E-state index >= 15 is 0 Å². The molecule has 0 spiro atoms. The number of aryl methyl sites for hydroxylation is 1. The summed E-state index contributed by atoms with van der Waals surface area (Å²) < 4.78 is 5.54. The maximum atomic E-state index is 12.5. The van der Waals surface area contributed by atoms with Crippen LogP contribution in [-0.4, -0.2) is 46.6 Å². The molecule has 1 fully saturated rings. The fourth-order valence-corrected chi connectivity index (χ4v) is 3.16. The molecule has 0 bridgehead atoms. The molecule has 1 aliphatic rings. The van der Waals surface area contributed by atoms with E-state index in [2.05, 4.69) is 9.97 Å². The molecule has 3 heterocycles. The molecule has 1 atom stereocenters. The van der Waals surface area contributed by atoms with Crippen molar-refractivity contribution in [2.75, 3.05) is 19.8 Å². The van der Waals surface area contributed by atoms with Crippen LogP contribution in [0.1, 0.15) is 21.8 Å². The summed E-state index contributed by atoms with van der Waals surface area (Å²) in [4.78, 5) is 23.6. The number of hydrogen-bond donors (Lipinski definition) is 0. The molecule has 0 aliphatic carbocycles. The number of rotatable bonds is 4. The lowest BCUT2D eigenvalue weighted by Gasteiger charge is -2.35. The zero-order valence-electron chi connectivity index (χ0n) is 11.6. The number of carbonyl (C=O) groups excluding carboxylic acids is 1. The summed E-state index contributed by atoms with van der Waals surface area (Å²) in [6.07, 6.45) is 6.78. The van der Waals surface area contributed by atoms with Crippen LogP contribution in [0.4, 0.5) is 0 Å². The Morgan fingerprint density at radius 3 is 3.19 bits per heavy atom. The van der Waals surface area contributed by atoms with Crippen molar-refractivity contribution in [3.63, 3.8) is 0 Å². The smallest absolute Gasteiger partial charge is 0.264 e. The zero-order chi connectivity index (χ0) is 14.5. The Morgan fingerprint density at radius 2 is 2.43 bits per heavy atom. The molecule has 1 unspecified atom stereocenters. The van der Waals surface area contributed by atoms with E-state index in [0.717, 1.165) is 23.4 Å². The molecule has 6 heteroatoms. The van der Waals surface area contributed by atoms with E-state index in [4.69, 9.17) is 4.74 Å². The number of amides is 1. The van der Waals surface area contributed by atoms with E-state index in [9.17, 15) is 4.79 Å². The van der Waals surface area contributed by atoms with Crippen molar-refractivity contribution in [2.24, 2.45) is 0 Å². The number of ether oxygens (including phenoxy) is 1. The number of thiophene rings is 1. The van der Waals surface area contributed by atoms with Crippen LogP contribution in [0, 0.1) is 0 Å². The van der Waals surface area contributed by atoms with E-state index in [1.165, 1.54) is 11.3 Å².